The molecular weight excluding hydrogens is 585 g/mol. The van der Waals surface area contributed by atoms with Crippen LogP contribution in [0.4, 0.5) is 5.69 Å². The number of nitrogens with one attached hydrogen (secondary N) is 1. The molecule has 6 rings (SSSR count). The topological polar surface area (TPSA) is 34.8 Å². The molecule has 2 aromatic heterocycles. The van der Waals surface area contributed by atoms with Crippen molar-refractivity contribution in [2.75, 3.05) is 5.32 Å². The molecule has 0 fully saturated rings. The van der Waals surface area contributed by atoms with Crippen LogP contribution in [-0.4, -0.2) is 14.1 Å². The number of rotatable bonds is 10. The Labute approximate surface area is 288 Å². The molecule has 48 heavy (non-hydrogen) atoms. The average molecular weight is 639 g/mol. The summed E-state index contributed by atoms with van der Waals surface area (Å²) in [6.45, 7) is 23.2. The van der Waals surface area contributed by atoms with E-state index in [1.54, 1.807) is 0 Å². The molecule has 1 unspecified atom stereocenters. The third-order valence-electron chi connectivity index (χ3n) is 10.1. The Hall–Kier alpha value is -4.31. The average Bonchev–Trinajstić information content (AvgIpc) is 3.59. The first-order valence-electron chi connectivity index (χ1n) is 18.0. The van der Waals surface area contributed by atoms with Crippen molar-refractivity contribution in [2.45, 2.75) is 105 Å². The van der Waals surface area contributed by atoms with Crippen LogP contribution in [0, 0.1) is 0 Å². The zero-order valence-corrected chi connectivity index (χ0v) is 30.9. The fourth-order valence-corrected chi connectivity index (χ4v) is 7.48. The van der Waals surface area contributed by atoms with E-state index < -0.39 is 0 Å². The molecule has 0 amide bonds. The summed E-state index contributed by atoms with van der Waals surface area (Å²) in [5, 5.41) is 6.72. The highest BCUT2D eigenvalue weighted by atomic mass is 15.2. The first-order valence-corrected chi connectivity index (χ1v) is 18.0. The molecule has 0 aliphatic carbocycles. The van der Waals surface area contributed by atoms with Crippen LogP contribution in [0.25, 0.3) is 27.6 Å². The molecule has 0 aliphatic rings. The Morgan fingerprint density at radius 1 is 0.562 bits per heavy atom. The molecule has 0 spiro atoms. The predicted octanol–water partition coefficient (Wildman–Crippen LogP) is 12.3. The normalized spacial score (nSPS) is 12.9. The van der Waals surface area contributed by atoms with Gasteiger partial charge in [0, 0.05) is 29.7 Å². The van der Waals surface area contributed by atoms with E-state index in [1.807, 2.05) is 0 Å². The van der Waals surface area contributed by atoms with Gasteiger partial charge >= 0.3 is 0 Å². The molecular formula is C44H54N4. The van der Waals surface area contributed by atoms with Crippen LogP contribution in [-0.2, 0) is 7.05 Å². The number of fused-ring (bicyclic) bond motifs is 3. The number of aromatic nitrogens is 3. The second kappa shape index (κ2) is 13.3. The third-order valence-corrected chi connectivity index (χ3v) is 10.1. The van der Waals surface area contributed by atoms with Gasteiger partial charge in [-0.25, -0.2) is 4.98 Å². The van der Waals surface area contributed by atoms with Gasteiger partial charge in [-0.15, -0.1) is 0 Å². The summed E-state index contributed by atoms with van der Waals surface area (Å²) < 4.78 is 4.59. The zero-order chi connectivity index (χ0) is 34.4. The fourth-order valence-electron chi connectivity index (χ4n) is 7.48. The second-order valence-electron chi connectivity index (χ2n) is 15.2. The van der Waals surface area contributed by atoms with E-state index in [0.29, 0.717) is 29.6 Å². The minimum absolute atomic E-state index is 0.162. The number of hydrogen-bond acceptors (Lipinski definition) is 2. The first-order chi connectivity index (χ1) is 22.9. The molecule has 250 valence electrons. The fraction of sp³-hybridized carbons (Fsp3) is 0.386. The number of benzene rings is 4. The van der Waals surface area contributed by atoms with Gasteiger partial charge in [0.05, 0.1) is 11.0 Å². The lowest BCUT2D eigenvalue weighted by Crippen LogP contribution is -2.23. The van der Waals surface area contributed by atoms with Crippen LogP contribution >= 0.6 is 0 Å². The van der Waals surface area contributed by atoms with E-state index in [1.165, 1.54) is 60.9 Å². The number of hydrogen-bond donors (Lipinski definition) is 1. The van der Waals surface area contributed by atoms with Crippen LogP contribution in [0.2, 0.25) is 0 Å². The van der Waals surface area contributed by atoms with Crippen molar-refractivity contribution in [3.05, 3.63) is 124 Å². The number of nitrogens with zero attached hydrogens (tertiary/aromatic N) is 3. The highest BCUT2D eigenvalue weighted by Crippen LogP contribution is 2.43. The SMILES string of the molecule is CC(C)c1cc(C(C)C)c(C(Nc2c(C(C)C)cccc2C(C)C)c2nc(-n3c4ccccc4c4ccccc43)cn2C)c(C(C)C)c1. The minimum Gasteiger partial charge on any atom is -0.371 e. The standard InChI is InChI=1S/C44H54N4/c1-26(2)31-23-36(29(7)8)41(37(24-31)30(9)10)43(46-42-32(27(3)4)19-16-20-33(42)28(5)6)44-45-40(25-47(44)11)48-38-21-14-12-17-34(38)35-18-13-15-22-39(35)48/h12-30,43,46H,1-11H3. The Morgan fingerprint density at radius 3 is 1.50 bits per heavy atom. The van der Waals surface area contributed by atoms with Crippen molar-refractivity contribution in [1.29, 1.82) is 0 Å². The molecule has 1 N–H and O–H groups in total. The lowest BCUT2D eigenvalue weighted by molar-refractivity contribution is 0.700. The van der Waals surface area contributed by atoms with Gasteiger partial charge in [-0.1, -0.05) is 136 Å². The molecule has 0 saturated carbocycles. The maximum absolute atomic E-state index is 5.60. The summed E-state index contributed by atoms with van der Waals surface area (Å²) in [6.07, 6.45) is 2.22. The molecule has 4 nitrogen and oxygen atoms in total. The highest BCUT2D eigenvalue weighted by Gasteiger charge is 2.30. The van der Waals surface area contributed by atoms with Crippen LogP contribution in [0.3, 0.4) is 0 Å². The van der Waals surface area contributed by atoms with Gasteiger partial charge in [0.15, 0.2) is 5.82 Å². The monoisotopic (exact) mass is 638 g/mol. The summed E-state index contributed by atoms with van der Waals surface area (Å²) in [6, 6.07) is 29.0. The Balaban J connectivity index is 1.67. The van der Waals surface area contributed by atoms with E-state index in [4.69, 9.17) is 4.98 Å². The summed E-state index contributed by atoms with van der Waals surface area (Å²) in [5.41, 5.74) is 11.8. The third kappa shape index (κ3) is 5.95. The minimum atomic E-state index is -0.162. The van der Waals surface area contributed by atoms with Crippen molar-refractivity contribution in [2.24, 2.45) is 7.05 Å². The maximum Gasteiger partial charge on any atom is 0.156 e. The van der Waals surface area contributed by atoms with Gasteiger partial charge in [-0.2, -0.15) is 0 Å². The molecule has 0 saturated heterocycles. The molecule has 2 heterocycles. The Kier molecular flexibility index (Phi) is 9.31. The lowest BCUT2D eigenvalue weighted by atomic mass is 9.81. The number of aryl methyl sites for hydroxylation is 1. The quantitative estimate of drug-likeness (QED) is 0.162. The second-order valence-corrected chi connectivity index (χ2v) is 15.2. The van der Waals surface area contributed by atoms with Crippen LogP contribution < -0.4 is 5.32 Å². The Bertz CT molecular complexity index is 1960. The van der Waals surface area contributed by atoms with Crippen molar-refractivity contribution in [3.8, 4) is 5.82 Å². The van der Waals surface area contributed by atoms with Gasteiger partial charge in [0.2, 0.25) is 0 Å². The van der Waals surface area contributed by atoms with Crippen molar-refractivity contribution >= 4 is 27.5 Å². The van der Waals surface area contributed by atoms with E-state index >= 15 is 0 Å². The van der Waals surface area contributed by atoms with Gasteiger partial charge in [0.1, 0.15) is 11.9 Å². The molecule has 4 aromatic carbocycles. The van der Waals surface area contributed by atoms with Gasteiger partial charge in [-0.05, 0) is 75.1 Å². The van der Waals surface area contributed by atoms with E-state index in [9.17, 15) is 0 Å². The smallest absolute Gasteiger partial charge is 0.156 e. The molecule has 0 aliphatic heterocycles. The molecule has 0 bridgehead atoms. The summed E-state index contributed by atoms with van der Waals surface area (Å²) in [4.78, 5) is 5.60. The first kappa shape index (κ1) is 33.6. The van der Waals surface area contributed by atoms with Crippen LogP contribution in [0.1, 0.15) is 144 Å². The number of imidazole rings is 1. The number of para-hydroxylation sites is 3. The summed E-state index contributed by atoms with van der Waals surface area (Å²) in [5.74, 6) is 3.85. The van der Waals surface area contributed by atoms with Crippen LogP contribution in [0.15, 0.2) is 85.1 Å². The Morgan fingerprint density at radius 2 is 1.04 bits per heavy atom. The van der Waals surface area contributed by atoms with E-state index in [2.05, 4.69) is 176 Å². The van der Waals surface area contributed by atoms with Crippen molar-refractivity contribution in [1.82, 2.24) is 14.1 Å². The number of anilines is 1. The molecule has 1 atom stereocenters. The summed E-state index contributed by atoms with van der Waals surface area (Å²) >= 11 is 0. The predicted molar refractivity (Wildman–Crippen MR) is 206 cm³/mol. The molecule has 4 heteroatoms. The molecule has 6 aromatic rings. The van der Waals surface area contributed by atoms with Crippen LogP contribution in [0.5, 0.6) is 0 Å². The van der Waals surface area contributed by atoms with Crippen molar-refractivity contribution < 1.29 is 0 Å². The van der Waals surface area contributed by atoms with E-state index in [0.717, 1.165) is 11.6 Å². The van der Waals surface area contributed by atoms with E-state index in [-0.39, 0.29) is 6.04 Å². The summed E-state index contributed by atoms with van der Waals surface area (Å²) in [7, 11) is 2.17. The maximum atomic E-state index is 5.60. The lowest BCUT2D eigenvalue weighted by Gasteiger charge is -2.32. The van der Waals surface area contributed by atoms with Gasteiger partial charge in [0.25, 0.3) is 0 Å². The molecule has 0 radical (unpaired) electrons. The van der Waals surface area contributed by atoms with Gasteiger partial charge < -0.3 is 9.88 Å². The highest BCUT2D eigenvalue weighted by molar-refractivity contribution is 6.09. The van der Waals surface area contributed by atoms with Crippen molar-refractivity contribution in [3.63, 3.8) is 0 Å². The zero-order valence-electron chi connectivity index (χ0n) is 30.9. The largest absolute Gasteiger partial charge is 0.371 e. The van der Waals surface area contributed by atoms with Gasteiger partial charge in [-0.3, -0.25) is 4.57 Å².